The number of likely N-dealkylation sites (tertiary alicyclic amines) is 1. The van der Waals surface area contributed by atoms with Crippen LogP contribution in [-0.4, -0.2) is 51.0 Å². The highest BCUT2D eigenvalue weighted by Gasteiger charge is 2.32. The van der Waals surface area contributed by atoms with Crippen LogP contribution < -0.4 is 5.73 Å². The predicted octanol–water partition coefficient (Wildman–Crippen LogP) is 1.10. The Hall–Kier alpha value is -0.910. The lowest BCUT2D eigenvalue weighted by Crippen LogP contribution is -2.29. The molecule has 4 nitrogen and oxygen atoms in total. The van der Waals surface area contributed by atoms with Gasteiger partial charge >= 0.3 is 0 Å². The maximum Gasteiger partial charge on any atom is 0.151 e. The second kappa shape index (κ2) is 6.70. The zero-order valence-corrected chi connectivity index (χ0v) is 12.8. The Morgan fingerprint density at radius 2 is 1.95 bits per heavy atom. The van der Waals surface area contributed by atoms with Crippen LogP contribution in [0.15, 0.2) is 30.3 Å². The van der Waals surface area contributed by atoms with Gasteiger partial charge in [-0.2, -0.15) is 0 Å². The van der Waals surface area contributed by atoms with E-state index in [1.54, 1.807) is 6.92 Å². The van der Waals surface area contributed by atoms with Crippen LogP contribution in [0.3, 0.4) is 0 Å². The van der Waals surface area contributed by atoms with Gasteiger partial charge in [0, 0.05) is 31.3 Å². The van der Waals surface area contributed by atoms with Crippen molar-refractivity contribution < 1.29 is 8.42 Å². The Balaban J connectivity index is 2.00. The first-order chi connectivity index (χ1) is 9.55. The molecule has 0 unspecified atom stereocenters. The molecular formula is C15H24N2O2S. The van der Waals surface area contributed by atoms with E-state index in [2.05, 4.69) is 17.0 Å². The van der Waals surface area contributed by atoms with E-state index in [4.69, 9.17) is 5.73 Å². The van der Waals surface area contributed by atoms with Gasteiger partial charge < -0.3 is 10.6 Å². The Morgan fingerprint density at radius 1 is 1.25 bits per heavy atom. The summed E-state index contributed by atoms with van der Waals surface area (Å²) in [6, 6.07) is 10.4. The Bertz CT molecular complexity index is 516. The van der Waals surface area contributed by atoms with Crippen molar-refractivity contribution in [1.29, 1.82) is 0 Å². The normalized spacial score (nSPS) is 24.1. The van der Waals surface area contributed by atoms with E-state index in [1.807, 2.05) is 18.2 Å². The average Bonchev–Trinajstić information content (AvgIpc) is 2.90. The van der Waals surface area contributed by atoms with Gasteiger partial charge in [0.25, 0.3) is 0 Å². The van der Waals surface area contributed by atoms with E-state index >= 15 is 0 Å². The van der Waals surface area contributed by atoms with Crippen molar-refractivity contribution in [2.75, 3.05) is 37.7 Å². The molecule has 0 aromatic heterocycles. The zero-order valence-electron chi connectivity index (χ0n) is 12.0. The second-order valence-corrected chi connectivity index (χ2v) is 7.98. The maximum absolute atomic E-state index is 11.6. The SMILES string of the molecule is CCS(=O)(=O)CCN1C[C@@H](CN)[C@H](c2ccccc2)C1. The molecule has 1 heterocycles. The van der Waals surface area contributed by atoms with Gasteiger partial charge in [0.2, 0.25) is 0 Å². The molecule has 2 atom stereocenters. The van der Waals surface area contributed by atoms with Crippen molar-refractivity contribution in [3.8, 4) is 0 Å². The van der Waals surface area contributed by atoms with Crippen LogP contribution in [-0.2, 0) is 9.84 Å². The first kappa shape index (κ1) is 15.5. The largest absolute Gasteiger partial charge is 0.330 e. The Morgan fingerprint density at radius 3 is 2.55 bits per heavy atom. The molecule has 0 aliphatic carbocycles. The molecule has 0 amide bonds. The molecule has 0 radical (unpaired) electrons. The summed E-state index contributed by atoms with van der Waals surface area (Å²) < 4.78 is 23.2. The lowest BCUT2D eigenvalue weighted by molar-refractivity contribution is 0.343. The molecule has 1 fully saturated rings. The van der Waals surface area contributed by atoms with Crippen LogP contribution >= 0.6 is 0 Å². The quantitative estimate of drug-likeness (QED) is 0.854. The number of hydrogen-bond acceptors (Lipinski definition) is 4. The van der Waals surface area contributed by atoms with E-state index in [1.165, 1.54) is 5.56 Å². The van der Waals surface area contributed by atoms with Crippen molar-refractivity contribution in [3.05, 3.63) is 35.9 Å². The van der Waals surface area contributed by atoms with Gasteiger partial charge in [-0.25, -0.2) is 8.42 Å². The van der Waals surface area contributed by atoms with Crippen LogP contribution in [0.25, 0.3) is 0 Å². The highest BCUT2D eigenvalue weighted by Crippen LogP contribution is 2.31. The van der Waals surface area contributed by atoms with E-state index in [0.29, 0.717) is 24.9 Å². The monoisotopic (exact) mass is 296 g/mol. The van der Waals surface area contributed by atoms with Crippen LogP contribution in [0.1, 0.15) is 18.4 Å². The molecule has 0 spiro atoms. The highest BCUT2D eigenvalue weighted by molar-refractivity contribution is 7.91. The van der Waals surface area contributed by atoms with Crippen molar-refractivity contribution >= 4 is 9.84 Å². The Kier molecular flexibility index (Phi) is 5.18. The average molecular weight is 296 g/mol. The molecule has 1 saturated heterocycles. The van der Waals surface area contributed by atoms with Gasteiger partial charge in [-0.15, -0.1) is 0 Å². The van der Waals surface area contributed by atoms with Crippen LogP contribution in [0.5, 0.6) is 0 Å². The predicted molar refractivity (Wildman–Crippen MR) is 82.5 cm³/mol. The summed E-state index contributed by atoms with van der Waals surface area (Å²) in [6.45, 7) is 4.78. The molecule has 1 aromatic rings. The van der Waals surface area contributed by atoms with E-state index < -0.39 is 9.84 Å². The summed E-state index contributed by atoms with van der Waals surface area (Å²) in [4.78, 5) is 2.24. The van der Waals surface area contributed by atoms with Gasteiger partial charge in [0.1, 0.15) is 0 Å². The van der Waals surface area contributed by atoms with Crippen molar-refractivity contribution in [2.45, 2.75) is 12.8 Å². The van der Waals surface area contributed by atoms with Gasteiger partial charge in [-0.3, -0.25) is 0 Å². The number of nitrogens with zero attached hydrogens (tertiary/aromatic N) is 1. The lowest BCUT2D eigenvalue weighted by atomic mass is 9.89. The van der Waals surface area contributed by atoms with Crippen LogP contribution in [0.2, 0.25) is 0 Å². The zero-order chi connectivity index (χ0) is 14.6. The minimum Gasteiger partial charge on any atom is -0.330 e. The standard InChI is InChI=1S/C15H24N2O2S/c1-2-20(18,19)9-8-17-11-14(10-16)15(12-17)13-6-4-3-5-7-13/h3-7,14-15H,2,8-12,16H2,1H3/t14-,15+/m1/s1. The number of nitrogens with two attached hydrogens (primary N) is 1. The summed E-state index contributed by atoms with van der Waals surface area (Å²) in [5.74, 6) is 1.32. The topological polar surface area (TPSA) is 63.4 Å². The molecular weight excluding hydrogens is 272 g/mol. The minimum atomic E-state index is -2.89. The molecule has 0 bridgehead atoms. The third-order valence-electron chi connectivity index (χ3n) is 4.21. The fraction of sp³-hybridized carbons (Fsp3) is 0.600. The molecule has 1 aliphatic rings. The summed E-state index contributed by atoms with van der Waals surface area (Å²) in [6.07, 6.45) is 0. The van der Waals surface area contributed by atoms with Crippen LogP contribution in [0.4, 0.5) is 0 Å². The molecule has 1 aromatic carbocycles. The molecule has 20 heavy (non-hydrogen) atoms. The number of benzene rings is 1. The smallest absolute Gasteiger partial charge is 0.151 e. The van der Waals surface area contributed by atoms with E-state index in [9.17, 15) is 8.42 Å². The fourth-order valence-corrected chi connectivity index (χ4v) is 3.70. The Labute approximate surface area is 121 Å². The molecule has 5 heteroatoms. The molecule has 0 saturated carbocycles. The number of hydrogen-bond donors (Lipinski definition) is 1. The molecule has 112 valence electrons. The summed E-state index contributed by atoms with van der Waals surface area (Å²) in [5.41, 5.74) is 7.20. The number of sulfone groups is 1. The number of rotatable bonds is 6. The molecule has 2 N–H and O–H groups in total. The highest BCUT2D eigenvalue weighted by atomic mass is 32.2. The van der Waals surface area contributed by atoms with E-state index in [-0.39, 0.29) is 11.5 Å². The fourth-order valence-electron chi connectivity index (χ4n) is 2.87. The van der Waals surface area contributed by atoms with Gasteiger partial charge in [0.15, 0.2) is 9.84 Å². The summed E-state index contributed by atoms with van der Waals surface area (Å²) in [5, 5.41) is 0. The first-order valence-electron chi connectivity index (χ1n) is 7.23. The third kappa shape index (κ3) is 3.81. The van der Waals surface area contributed by atoms with Crippen molar-refractivity contribution in [3.63, 3.8) is 0 Å². The van der Waals surface area contributed by atoms with E-state index in [0.717, 1.165) is 13.1 Å². The van der Waals surface area contributed by atoms with Gasteiger partial charge in [-0.1, -0.05) is 37.3 Å². The third-order valence-corrected chi connectivity index (χ3v) is 5.89. The van der Waals surface area contributed by atoms with Crippen molar-refractivity contribution in [2.24, 2.45) is 11.7 Å². The lowest BCUT2D eigenvalue weighted by Gasteiger charge is -2.16. The van der Waals surface area contributed by atoms with Gasteiger partial charge in [0.05, 0.1) is 5.75 Å². The van der Waals surface area contributed by atoms with Crippen LogP contribution in [0, 0.1) is 5.92 Å². The minimum absolute atomic E-state index is 0.225. The van der Waals surface area contributed by atoms with Crippen molar-refractivity contribution in [1.82, 2.24) is 4.90 Å². The first-order valence-corrected chi connectivity index (χ1v) is 9.05. The van der Waals surface area contributed by atoms with Gasteiger partial charge in [-0.05, 0) is 18.0 Å². The molecule has 1 aliphatic heterocycles. The summed E-state index contributed by atoms with van der Waals surface area (Å²) in [7, 11) is -2.89. The second-order valence-electron chi connectivity index (χ2n) is 5.51. The molecule has 2 rings (SSSR count). The maximum atomic E-state index is 11.6. The summed E-state index contributed by atoms with van der Waals surface area (Å²) >= 11 is 0.